The van der Waals surface area contributed by atoms with E-state index in [0.29, 0.717) is 18.0 Å². The van der Waals surface area contributed by atoms with Crippen molar-refractivity contribution in [3.8, 4) is 11.8 Å². The summed E-state index contributed by atoms with van der Waals surface area (Å²) in [4.78, 5) is 7.74. The summed E-state index contributed by atoms with van der Waals surface area (Å²) in [7, 11) is 0. The van der Waals surface area contributed by atoms with E-state index in [2.05, 4.69) is 47.9 Å². The Hall–Kier alpha value is -2.10. The van der Waals surface area contributed by atoms with Gasteiger partial charge in [0.15, 0.2) is 0 Å². The molecule has 1 N–H and O–H groups in total. The molecule has 3 rings (SSSR count). The molecule has 0 unspecified atom stereocenters. The lowest BCUT2D eigenvalue weighted by Gasteiger charge is -2.09. The number of rotatable bonds is 4. The van der Waals surface area contributed by atoms with E-state index in [4.69, 9.17) is 4.74 Å². The fraction of sp³-hybridized carbons (Fsp3) is 0.158. The van der Waals surface area contributed by atoms with Crippen molar-refractivity contribution in [2.24, 2.45) is 0 Å². The maximum Gasteiger partial charge on any atom is 0.149 e. The Morgan fingerprint density at radius 3 is 2.64 bits per heavy atom. The Morgan fingerprint density at radius 2 is 2.00 bits per heavy atom. The number of aromatic amines is 1. The minimum absolute atomic E-state index is 0.469. The van der Waals surface area contributed by atoms with Crippen LogP contribution in [0.25, 0.3) is 22.7 Å². The van der Waals surface area contributed by atoms with Gasteiger partial charge in [-0.3, -0.25) is 0 Å². The Morgan fingerprint density at radius 1 is 1.28 bits per heavy atom. The fourth-order valence-corrected chi connectivity index (χ4v) is 3.97. The summed E-state index contributed by atoms with van der Waals surface area (Å²) < 4.78 is 7.24. The first-order chi connectivity index (χ1) is 12.0. The summed E-state index contributed by atoms with van der Waals surface area (Å²) in [6.07, 6.45) is 1.80. The van der Waals surface area contributed by atoms with E-state index in [0.717, 1.165) is 36.9 Å². The predicted molar refractivity (Wildman–Crippen MR) is 107 cm³/mol. The quantitative estimate of drug-likeness (QED) is 0.496. The van der Waals surface area contributed by atoms with Gasteiger partial charge in [0.25, 0.3) is 0 Å². The number of aryl methyl sites for hydroxylation is 1. The van der Waals surface area contributed by atoms with Gasteiger partial charge < -0.3 is 9.72 Å². The first kappa shape index (κ1) is 17.7. The second-order valence-corrected chi connectivity index (χ2v) is 7.23. The van der Waals surface area contributed by atoms with Crippen LogP contribution in [-0.4, -0.2) is 16.6 Å². The Kier molecular flexibility index (Phi) is 5.26. The summed E-state index contributed by atoms with van der Waals surface area (Å²) in [5, 5.41) is 9.57. The molecule has 0 aliphatic heterocycles. The molecule has 0 aliphatic carbocycles. The van der Waals surface area contributed by atoms with Crippen LogP contribution in [0.2, 0.25) is 0 Å². The van der Waals surface area contributed by atoms with Gasteiger partial charge in [-0.1, -0.05) is 6.07 Å². The van der Waals surface area contributed by atoms with Crippen LogP contribution in [0, 0.1) is 18.3 Å². The van der Waals surface area contributed by atoms with Crippen LogP contribution in [-0.2, 0) is 0 Å². The zero-order valence-electron chi connectivity index (χ0n) is 13.7. The van der Waals surface area contributed by atoms with Gasteiger partial charge in [0.05, 0.1) is 32.2 Å². The maximum atomic E-state index is 9.57. The molecule has 126 valence electrons. The SMILES string of the molecule is CCOc1c(Br)cc(/C=C(/C#N)c2nc3ccc(C)cc3[nH]2)cc1Br. The number of nitriles is 1. The highest BCUT2D eigenvalue weighted by Gasteiger charge is 2.11. The third-order valence-electron chi connectivity index (χ3n) is 3.63. The van der Waals surface area contributed by atoms with Crippen molar-refractivity contribution >= 4 is 54.5 Å². The Balaban J connectivity index is 2.04. The summed E-state index contributed by atoms with van der Waals surface area (Å²) in [5.41, 5.74) is 4.25. The maximum absolute atomic E-state index is 9.57. The molecule has 3 aromatic rings. The van der Waals surface area contributed by atoms with E-state index in [9.17, 15) is 5.26 Å². The van der Waals surface area contributed by atoms with Crippen molar-refractivity contribution in [3.63, 3.8) is 0 Å². The molecule has 0 fully saturated rings. The van der Waals surface area contributed by atoms with Gasteiger partial charge in [-0.15, -0.1) is 0 Å². The smallest absolute Gasteiger partial charge is 0.149 e. The van der Waals surface area contributed by atoms with Crippen LogP contribution < -0.4 is 4.74 Å². The van der Waals surface area contributed by atoms with Gasteiger partial charge >= 0.3 is 0 Å². The van der Waals surface area contributed by atoms with Crippen LogP contribution >= 0.6 is 31.9 Å². The molecule has 0 spiro atoms. The van der Waals surface area contributed by atoms with Gasteiger partial charge in [-0.25, -0.2) is 4.98 Å². The number of allylic oxidation sites excluding steroid dienone is 1. The summed E-state index contributed by atoms with van der Waals surface area (Å²) in [6.45, 7) is 4.54. The zero-order chi connectivity index (χ0) is 18.0. The van der Waals surface area contributed by atoms with Crippen LogP contribution in [0.5, 0.6) is 5.75 Å². The number of nitrogens with zero attached hydrogens (tertiary/aromatic N) is 2. The molecule has 0 aliphatic rings. The predicted octanol–water partition coefficient (Wildman–Crippen LogP) is 5.86. The molecule has 0 saturated heterocycles. The number of halogens is 2. The molecule has 1 heterocycles. The number of imidazole rings is 1. The number of benzene rings is 2. The molecule has 0 atom stereocenters. The van der Waals surface area contributed by atoms with Crippen molar-refractivity contribution in [2.45, 2.75) is 13.8 Å². The lowest BCUT2D eigenvalue weighted by atomic mass is 10.1. The average Bonchev–Trinajstić information content (AvgIpc) is 2.98. The molecule has 0 bridgehead atoms. The zero-order valence-corrected chi connectivity index (χ0v) is 16.9. The average molecular weight is 461 g/mol. The molecule has 6 heteroatoms. The fourth-order valence-electron chi connectivity index (χ4n) is 2.52. The molecular weight excluding hydrogens is 446 g/mol. The Labute approximate surface area is 162 Å². The highest BCUT2D eigenvalue weighted by molar-refractivity contribution is 9.11. The van der Waals surface area contributed by atoms with Gasteiger partial charge in [-0.05, 0) is 87.2 Å². The van der Waals surface area contributed by atoms with Crippen LogP contribution in [0.3, 0.4) is 0 Å². The summed E-state index contributed by atoms with van der Waals surface area (Å²) >= 11 is 7.03. The minimum Gasteiger partial charge on any atom is -0.492 e. The van der Waals surface area contributed by atoms with Crippen molar-refractivity contribution in [1.29, 1.82) is 5.26 Å². The second-order valence-electron chi connectivity index (χ2n) is 5.52. The first-order valence-electron chi connectivity index (χ1n) is 7.72. The molecule has 2 aromatic carbocycles. The number of H-pyrrole nitrogens is 1. The summed E-state index contributed by atoms with van der Waals surface area (Å²) in [6, 6.07) is 12.0. The lowest BCUT2D eigenvalue weighted by molar-refractivity contribution is 0.336. The van der Waals surface area contributed by atoms with Crippen molar-refractivity contribution < 1.29 is 4.74 Å². The van der Waals surface area contributed by atoms with Gasteiger partial charge in [-0.2, -0.15) is 5.26 Å². The van der Waals surface area contributed by atoms with Gasteiger partial charge in [0.2, 0.25) is 0 Å². The molecular formula is C19H15Br2N3O. The van der Waals surface area contributed by atoms with E-state index in [-0.39, 0.29) is 0 Å². The van der Waals surface area contributed by atoms with Crippen molar-refractivity contribution in [1.82, 2.24) is 9.97 Å². The number of ether oxygens (including phenoxy) is 1. The highest BCUT2D eigenvalue weighted by atomic mass is 79.9. The largest absolute Gasteiger partial charge is 0.492 e. The molecule has 0 saturated carbocycles. The molecule has 25 heavy (non-hydrogen) atoms. The highest BCUT2D eigenvalue weighted by Crippen LogP contribution is 2.35. The van der Waals surface area contributed by atoms with E-state index >= 15 is 0 Å². The monoisotopic (exact) mass is 459 g/mol. The third kappa shape index (κ3) is 3.78. The molecule has 1 aromatic heterocycles. The van der Waals surface area contributed by atoms with Crippen LogP contribution in [0.4, 0.5) is 0 Å². The number of hydrogen-bond donors (Lipinski definition) is 1. The van der Waals surface area contributed by atoms with E-state index in [1.165, 1.54) is 0 Å². The normalized spacial score (nSPS) is 11.6. The standard InChI is InChI=1S/C19H15Br2N3O/c1-3-25-18-14(20)8-12(9-15(18)21)7-13(10-22)19-23-16-5-4-11(2)6-17(16)24-19/h4-9H,3H2,1-2H3,(H,23,24)/b13-7-. The number of fused-ring (bicyclic) bond motifs is 1. The van der Waals surface area contributed by atoms with Crippen molar-refractivity contribution in [3.05, 3.63) is 56.2 Å². The minimum atomic E-state index is 0.469. The van der Waals surface area contributed by atoms with E-state index in [1.807, 2.05) is 44.2 Å². The number of hydrogen-bond acceptors (Lipinski definition) is 3. The first-order valence-corrected chi connectivity index (χ1v) is 9.30. The number of nitrogens with one attached hydrogen (secondary N) is 1. The second kappa shape index (κ2) is 7.42. The third-order valence-corrected chi connectivity index (χ3v) is 4.81. The molecule has 4 nitrogen and oxygen atoms in total. The Bertz CT molecular complexity index is 992. The summed E-state index contributed by atoms with van der Waals surface area (Å²) in [5.74, 6) is 1.31. The van der Waals surface area contributed by atoms with Crippen molar-refractivity contribution in [2.75, 3.05) is 6.61 Å². The van der Waals surface area contributed by atoms with Crippen LogP contribution in [0.15, 0.2) is 39.3 Å². The van der Waals surface area contributed by atoms with Gasteiger partial charge in [0, 0.05) is 0 Å². The van der Waals surface area contributed by atoms with E-state index in [1.54, 1.807) is 6.08 Å². The van der Waals surface area contributed by atoms with Gasteiger partial charge in [0.1, 0.15) is 17.6 Å². The van der Waals surface area contributed by atoms with Crippen LogP contribution in [0.1, 0.15) is 23.9 Å². The van der Waals surface area contributed by atoms with E-state index < -0.39 is 0 Å². The topological polar surface area (TPSA) is 61.7 Å². The molecule has 0 amide bonds. The number of aromatic nitrogens is 2. The molecule has 0 radical (unpaired) electrons. The lowest BCUT2D eigenvalue weighted by Crippen LogP contribution is -1.94.